The van der Waals surface area contributed by atoms with Gasteiger partial charge in [0.15, 0.2) is 0 Å². The van der Waals surface area contributed by atoms with Crippen molar-refractivity contribution in [1.29, 1.82) is 0 Å². The highest BCUT2D eigenvalue weighted by molar-refractivity contribution is 6.00. The van der Waals surface area contributed by atoms with E-state index in [1.807, 2.05) is 13.0 Å². The minimum Gasteiger partial charge on any atom is -0.366 e. The molecule has 1 heterocycles. The van der Waals surface area contributed by atoms with Crippen molar-refractivity contribution in [3.05, 3.63) is 53.6 Å². The number of pyridine rings is 1. The molecule has 1 amide bonds. The first-order valence-corrected chi connectivity index (χ1v) is 5.67. The van der Waals surface area contributed by atoms with Crippen molar-refractivity contribution >= 4 is 5.91 Å². The number of amides is 1. The summed E-state index contributed by atoms with van der Waals surface area (Å²) in [6.45, 7) is 1.94. The molecule has 2 aromatic rings. The fourth-order valence-corrected chi connectivity index (χ4v) is 1.99. The fourth-order valence-electron chi connectivity index (χ4n) is 1.99. The number of primary amides is 1. The maximum Gasteiger partial charge on any atom is 0.249 e. The van der Waals surface area contributed by atoms with Crippen LogP contribution in [0.5, 0.6) is 0 Å². The van der Waals surface area contributed by atoms with Gasteiger partial charge in [0, 0.05) is 22.9 Å². The third-order valence-corrected chi connectivity index (χ3v) is 2.83. The number of hydrogen-bond donors (Lipinski definition) is 1. The zero-order valence-electron chi connectivity index (χ0n) is 9.98. The molecule has 0 saturated heterocycles. The van der Waals surface area contributed by atoms with Crippen molar-refractivity contribution in [3.63, 3.8) is 0 Å². The Bertz CT molecular complexity index is 596. The first-order chi connectivity index (χ1) is 8.65. The van der Waals surface area contributed by atoms with Crippen LogP contribution in [-0.2, 0) is 6.42 Å². The SMILES string of the molecule is CCc1cccc(C(N)=O)c1-c1cccnc1F. The van der Waals surface area contributed by atoms with E-state index in [1.165, 1.54) is 6.20 Å². The third-order valence-electron chi connectivity index (χ3n) is 2.83. The van der Waals surface area contributed by atoms with E-state index in [4.69, 9.17) is 5.73 Å². The first-order valence-electron chi connectivity index (χ1n) is 5.67. The zero-order chi connectivity index (χ0) is 13.1. The van der Waals surface area contributed by atoms with Gasteiger partial charge in [-0.25, -0.2) is 4.98 Å². The number of rotatable bonds is 3. The van der Waals surface area contributed by atoms with Gasteiger partial charge in [-0.05, 0) is 30.2 Å². The summed E-state index contributed by atoms with van der Waals surface area (Å²) in [6.07, 6.45) is 2.06. The molecule has 2 rings (SSSR count). The Morgan fingerprint density at radius 3 is 2.72 bits per heavy atom. The summed E-state index contributed by atoms with van der Waals surface area (Å²) in [5.41, 5.74) is 7.39. The van der Waals surface area contributed by atoms with Crippen LogP contribution >= 0.6 is 0 Å². The molecule has 0 aliphatic carbocycles. The summed E-state index contributed by atoms with van der Waals surface area (Å²) in [5.74, 6) is -1.16. The molecule has 0 aliphatic heterocycles. The van der Waals surface area contributed by atoms with E-state index in [0.29, 0.717) is 23.1 Å². The quantitative estimate of drug-likeness (QED) is 0.843. The van der Waals surface area contributed by atoms with Gasteiger partial charge < -0.3 is 5.73 Å². The fraction of sp³-hybridized carbons (Fsp3) is 0.143. The van der Waals surface area contributed by atoms with E-state index in [1.54, 1.807) is 24.3 Å². The second kappa shape index (κ2) is 4.96. The molecule has 3 nitrogen and oxygen atoms in total. The summed E-state index contributed by atoms with van der Waals surface area (Å²) in [5, 5.41) is 0. The van der Waals surface area contributed by atoms with Gasteiger partial charge in [0.25, 0.3) is 0 Å². The molecule has 1 aromatic heterocycles. The second-order valence-corrected chi connectivity index (χ2v) is 3.90. The number of nitrogens with two attached hydrogens (primary N) is 1. The number of benzene rings is 1. The minimum absolute atomic E-state index is 0.309. The third kappa shape index (κ3) is 2.09. The van der Waals surface area contributed by atoms with E-state index >= 15 is 0 Å². The average Bonchev–Trinajstić information content (AvgIpc) is 2.38. The Kier molecular flexibility index (Phi) is 3.37. The van der Waals surface area contributed by atoms with E-state index in [9.17, 15) is 9.18 Å². The number of halogens is 1. The Morgan fingerprint density at radius 2 is 2.11 bits per heavy atom. The molecule has 0 radical (unpaired) electrons. The topological polar surface area (TPSA) is 56.0 Å². The van der Waals surface area contributed by atoms with Gasteiger partial charge in [-0.15, -0.1) is 0 Å². The predicted octanol–water partition coefficient (Wildman–Crippen LogP) is 2.55. The number of hydrogen-bond acceptors (Lipinski definition) is 2. The van der Waals surface area contributed by atoms with Crippen molar-refractivity contribution in [2.75, 3.05) is 0 Å². The molecule has 2 N–H and O–H groups in total. The average molecular weight is 244 g/mol. The molecule has 4 heteroatoms. The lowest BCUT2D eigenvalue weighted by atomic mass is 9.93. The van der Waals surface area contributed by atoms with Gasteiger partial charge in [0.05, 0.1) is 0 Å². The normalized spacial score (nSPS) is 10.3. The van der Waals surface area contributed by atoms with E-state index < -0.39 is 11.9 Å². The maximum atomic E-state index is 13.8. The monoisotopic (exact) mass is 244 g/mol. The molecule has 0 fully saturated rings. The summed E-state index contributed by atoms with van der Waals surface area (Å²) in [6, 6.07) is 8.44. The molecule has 0 spiro atoms. The Morgan fingerprint density at radius 1 is 1.33 bits per heavy atom. The highest BCUT2D eigenvalue weighted by Gasteiger charge is 2.16. The van der Waals surface area contributed by atoms with E-state index in [2.05, 4.69) is 4.98 Å². The number of nitrogens with zero attached hydrogens (tertiary/aromatic N) is 1. The Balaban J connectivity index is 2.76. The van der Waals surface area contributed by atoms with Gasteiger partial charge >= 0.3 is 0 Å². The van der Waals surface area contributed by atoms with Crippen molar-refractivity contribution in [1.82, 2.24) is 4.98 Å². The highest BCUT2D eigenvalue weighted by atomic mass is 19.1. The first kappa shape index (κ1) is 12.2. The summed E-state index contributed by atoms with van der Waals surface area (Å²) in [4.78, 5) is 15.1. The number of carbonyl (C=O) groups is 1. The summed E-state index contributed by atoms with van der Waals surface area (Å²) in [7, 11) is 0. The van der Waals surface area contributed by atoms with Gasteiger partial charge in [-0.1, -0.05) is 19.1 Å². The zero-order valence-corrected chi connectivity index (χ0v) is 9.98. The van der Waals surface area contributed by atoms with Gasteiger partial charge in [-0.3, -0.25) is 4.79 Å². The van der Waals surface area contributed by atoms with Crippen LogP contribution < -0.4 is 5.73 Å². The predicted molar refractivity (Wildman–Crippen MR) is 67.5 cm³/mol. The molecular weight excluding hydrogens is 231 g/mol. The van der Waals surface area contributed by atoms with Crippen molar-refractivity contribution < 1.29 is 9.18 Å². The molecule has 92 valence electrons. The van der Waals surface area contributed by atoms with Crippen LogP contribution in [-0.4, -0.2) is 10.9 Å². The van der Waals surface area contributed by atoms with Crippen LogP contribution in [0.25, 0.3) is 11.1 Å². The Labute approximate surface area is 104 Å². The molecule has 0 saturated carbocycles. The largest absolute Gasteiger partial charge is 0.366 e. The lowest BCUT2D eigenvalue weighted by Gasteiger charge is -2.12. The van der Waals surface area contributed by atoms with Crippen LogP contribution in [0, 0.1) is 5.95 Å². The lowest BCUT2D eigenvalue weighted by Crippen LogP contribution is -2.13. The molecule has 0 unspecified atom stereocenters. The van der Waals surface area contributed by atoms with Crippen molar-refractivity contribution in [2.45, 2.75) is 13.3 Å². The number of carbonyl (C=O) groups excluding carboxylic acids is 1. The molecule has 0 atom stereocenters. The highest BCUT2D eigenvalue weighted by Crippen LogP contribution is 2.29. The van der Waals surface area contributed by atoms with Crippen molar-refractivity contribution in [3.8, 4) is 11.1 Å². The van der Waals surface area contributed by atoms with E-state index in [0.717, 1.165) is 5.56 Å². The maximum absolute atomic E-state index is 13.8. The van der Waals surface area contributed by atoms with E-state index in [-0.39, 0.29) is 0 Å². The van der Waals surface area contributed by atoms with Crippen LogP contribution in [0.3, 0.4) is 0 Å². The van der Waals surface area contributed by atoms with Crippen LogP contribution in [0.15, 0.2) is 36.5 Å². The minimum atomic E-state index is -0.596. The van der Waals surface area contributed by atoms with Crippen molar-refractivity contribution in [2.24, 2.45) is 5.73 Å². The van der Waals surface area contributed by atoms with Crippen LogP contribution in [0.2, 0.25) is 0 Å². The summed E-state index contributed by atoms with van der Waals surface area (Å²) < 4.78 is 13.8. The van der Waals surface area contributed by atoms with Crippen LogP contribution in [0.1, 0.15) is 22.8 Å². The molecule has 18 heavy (non-hydrogen) atoms. The summed E-state index contributed by atoms with van der Waals surface area (Å²) >= 11 is 0. The number of aromatic nitrogens is 1. The Hall–Kier alpha value is -2.23. The van der Waals surface area contributed by atoms with Gasteiger partial charge in [0.2, 0.25) is 11.9 Å². The molecule has 0 bridgehead atoms. The lowest BCUT2D eigenvalue weighted by molar-refractivity contribution is 0.100. The number of aryl methyl sites for hydroxylation is 1. The molecule has 0 aliphatic rings. The molecular formula is C14H13FN2O. The van der Waals surface area contributed by atoms with Gasteiger partial charge in [0.1, 0.15) is 0 Å². The molecule has 1 aromatic carbocycles. The smallest absolute Gasteiger partial charge is 0.249 e. The standard InChI is InChI=1S/C14H13FN2O/c1-2-9-5-3-6-11(14(16)18)12(9)10-7-4-8-17-13(10)15/h3-8H,2H2,1H3,(H2,16,18). The van der Waals surface area contributed by atoms with Gasteiger partial charge in [-0.2, -0.15) is 4.39 Å². The van der Waals surface area contributed by atoms with Crippen LogP contribution in [0.4, 0.5) is 4.39 Å². The second-order valence-electron chi connectivity index (χ2n) is 3.90.